The Hall–Kier alpha value is -3.91. The largest absolute Gasteiger partial charge is 0.296 e. The van der Waals surface area contributed by atoms with Crippen LogP contribution in [0.1, 0.15) is 38.7 Å². The van der Waals surface area contributed by atoms with Gasteiger partial charge in [0.15, 0.2) is 11.0 Å². The lowest BCUT2D eigenvalue weighted by molar-refractivity contribution is -0.720. The first kappa shape index (κ1) is 20.3. The molecule has 7 aromatic rings. The predicted octanol–water partition coefficient (Wildman–Crippen LogP) is 8.45. The summed E-state index contributed by atoms with van der Waals surface area (Å²) in [6, 6.07) is 34.2. The Labute approximate surface area is 210 Å². The first-order valence-electron chi connectivity index (χ1n) is 13.4. The van der Waals surface area contributed by atoms with E-state index in [1.54, 1.807) is 0 Å². The van der Waals surface area contributed by atoms with E-state index in [9.17, 15) is 0 Å². The Morgan fingerprint density at radius 2 is 1.39 bits per heavy atom. The summed E-state index contributed by atoms with van der Waals surface area (Å²) >= 11 is 0. The molecular formula is C34H29N2+. The van der Waals surface area contributed by atoms with Crippen molar-refractivity contribution in [1.82, 2.24) is 4.40 Å². The van der Waals surface area contributed by atoms with Gasteiger partial charge in [0.2, 0.25) is 0 Å². The zero-order valence-corrected chi connectivity index (χ0v) is 20.9. The van der Waals surface area contributed by atoms with Gasteiger partial charge in [0.05, 0.1) is 5.39 Å². The molecule has 3 heterocycles. The van der Waals surface area contributed by atoms with Gasteiger partial charge in [-0.2, -0.15) is 4.40 Å². The average Bonchev–Trinajstić information content (AvgIpc) is 3.21. The van der Waals surface area contributed by atoms with Crippen LogP contribution < -0.4 is 4.57 Å². The van der Waals surface area contributed by atoms with E-state index in [0.29, 0.717) is 0 Å². The first-order valence-corrected chi connectivity index (χ1v) is 13.4. The van der Waals surface area contributed by atoms with Crippen molar-refractivity contribution in [3.05, 3.63) is 96.6 Å². The van der Waals surface area contributed by atoms with Gasteiger partial charge in [-0.05, 0) is 77.1 Å². The molecule has 2 heteroatoms. The Bertz CT molecular complexity index is 2020. The summed E-state index contributed by atoms with van der Waals surface area (Å²) in [5.41, 5.74) is 6.92. The maximum Gasteiger partial charge on any atom is 0.296 e. The quantitative estimate of drug-likeness (QED) is 0.137. The maximum absolute atomic E-state index is 2.74. The number of pyridine rings is 1. The number of hydrogen-bond acceptors (Lipinski definition) is 0. The molecule has 0 N–H and O–H groups in total. The average molecular weight is 466 g/mol. The smallest absolute Gasteiger partial charge is 0.217 e. The van der Waals surface area contributed by atoms with Gasteiger partial charge in [-0.15, -0.1) is 0 Å². The van der Waals surface area contributed by atoms with Gasteiger partial charge in [0, 0.05) is 10.8 Å². The Kier molecular flexibility index (Phi) is 3.99. The number of nitrogens with zero attached hydrogens (tertiary/aromatic N) is 2. The van der Waals surface area contributed by atoms with E-state index in [1.807, 2.05) is 0 Å². The molecule has 0 spiro atoms. The van der Waals surface area contributed by atoms with Crippen LogP contribution in [0.15, 0.2) is 91.0 Å². The summed E-state index contributed by atoms with van der Waals surface area (Å²) in [6.45, 7) is 4.76. The van der Waals surface area contributed by atoms with Crippen LogP contribution in [0.2, 0.25) is 0 Å². The van der Waals surface area contributed by atoms with Gasteiger partial charge in [0.25, 0.3) is 5.65 Å². The molecule has 5 aromatic carbocycles. The van der Waals surface area contributed by atoms with E-state index in [2.05, 4.69) is 114 Å². The molecule has 0 saturated carbocycles. The summed E-state index contributed by atoms with van der Waals surface area (Å²) in [5, 5.41) is 9.51. The molecule has 0 fully saturated rings. The third kappa shape index (κ3) is 2.40. The highest BCUT2D eigenvalue weighted by Crippen LogP contribution is 2.43. The summed E-state index contributed by atoms with van der Waals surface area (Å²) < 4.78 is 5.33. The van der Waals surface area contributed by atoms with E-state index in [4.69, 9.17) is 0 Å². The molecular weight excluding hydrogens is 436 g/mol. The lowest BCUT2D eigenvalue weighted by Gasteiger charge is -2.28. The van der Waals surface area contributed by atoms with Crippen LogP contribution in [0.5, 0.6) is 0 Å². The van der Waals surface area contributed by atoms with Gasteiger partial charge >= 0.3 is 0 Å². The molecule has 0 radical (unpaired) electrons. The summed E-state index contributed by atoms with van der Waals surface area (Å²) in [7, 11) is 0. The minimum Gasteiger partial charge on any atom is -0.217 e. The van der Waals surface area contributed by atoms with Crippen molar-refractivity contribution >= 4 is 59.9 Å². The molecule has 2 nitrogen and oxygen atoms in total. The van der Waals surface area contributed by atoms with Gasteiger partial charge in [-0.25, -0.2) is 4.57 Å². The van der Waals surface area contributed by atoms with E-state index >= 15 is 0 Å². The van der Waals surface area contributed by atoms with Crippen molar-refractivity contribution in [3.63, 3.8) is 0 Å². The molecule has 174 valence electrons. The monoisotopic (exact) mass is 465 g/mol. The lowest BCUT2D eigenvalue weighted by atomic mass is 9.85. The fourth-order valence-corrected chi connectivity index (χ4v) is 7.27. The van der Waals surface area contributed by atoms with Gasteiger partial charge < -0.3 is 0 Å². The van der Waals surface area contributed by atoms with Gasteiger partial charge in [-0.1, -0.05) is 80.6 Å². The van der Waals surface area contributed by atoms with Crippen molar-refractivity contribution < 1.29 is 4.57 Å². The number of aromatic nitrogens is 2. The van der Waals surface area contributed by atoms with Crippen molar-refractivity contribution in [3.8, 4) is 0 Å². The predicted molar refractivity (Wildman–Crippen MR) is 152 cm³/mol. The molecule has 0 saturated heterocycles. The van der Waals surface area contributed by atoms with E-state index in [1.165, 1.54) is 65.5 Å². The second kappa shape index (κ2) is 7.07. The van der Waals surface area contributed by atoms with Gasteiger partial charge in [-0.3, -0.25) is 0 Å². The Balaban J connectivity index is 1.80. The number of rotatable bonds is 2. The zero-order chi connectivity index (χ0) is 24.0. The van der Waals surface area contributed by atoms with Crippen LogP contribution in [0, 0.1) is 0 Å². The highest BCUT2D eigenvalue weighted by atomic mass is 15.2. The summed E-state index contributed by atoms with van der Waals surface area (Å²) in [6.07, 6.45) is 4.52. The number of imidazole rings is 1. The van der Waals surface area contributed by atoms with Crippen LogP contribution in [0.25, 0.3) is 59.9 Å². The second-order valence-electron chi connectivity index (χ2n) is 10.6. The van der Waals surface area contributed by atoms with Crippen LogP contribution in [-0.2, 0) is 12.0 Å². The fraction of sp³-hybridized carbons (Fsp3) is 0.206. The van der Waals surface area contributed by atoms with Crippen LogP contribution in [-0.4, -0.2) is 4.40 Å². The molecule has 1 aliphatic heterocycles. The molecule has 2 aromatic heterocycles. The van der Waals surface area contributed by atoms with Crippen LogP contribution >= 0.6 is 0 Å². The zero-order valence-electron chi connectivity index (χ0n) is 20.9. The number of aryl methyl sites for hydroxylation is 1. The van der Waals surface area contributed by atoms with Crippen molar-refractivity contribution in [1.29, 1.82) is 0 Å². The fourth-order valence-electron chi connectivity index (χ4n) is 7.27. The van der Waals surface area contributed by atoms with Crippen molar-refractivity contribution in [2.24, 2.45) is 0 Å². The van der Waals surface area contributed by atoms with Gasteiger partial charge in [0.1, 0.15) is 11.1 Å². The lowest BCUT2D eigenvalue weighted by Crippen LogP contribution is -2.55. The van der Waals surface area contributed by atoms with E-state index < -0.39 is 0 Å². The third-order valence-corrected chi connectivity index (χ3v) is 9.17. The molecule has 0 unspecified atom stereocenters. The highest BCUT2D eigenvalue weighted by molar-refractivity contribution is 6.25. The van der Waals surface area contributed by atoms with Crippen molar-refractivity contribution in [2.45, 2.75) is 45.1 Å². The number of fused-ring (bicyclic) bond motifs is 9. The molecule has 8 rings (SSSR count). The molecule has 0 amide bonds. The minimum atomic E-state index is 0.0943. The first-order chi connectivity index (χ1) is 17.7. The second-order valence-corrected chi connectivity index (χ2v) is 10.6. The number of hydrogen-bond donors (Lipinski definition) is 0. The molecule has 1 aliphatic rings. The molecule has 0 atom stereocenters. The van der Waals surface area contributed by atoms with E-state index in [0.717, 1.165) is 25.7 Å². The minimum absolute atomic E-state index is 0.0943. The Morgan fingerprint density at radius 3 is 2.19 bits per heavy atom. The molecule has 36 heavy (non-hydrogen) atoms. The topological polar surface area (TPSA) is 8.29 Å². The third-order valence-electron chi connectivity index (χ3n) is 9.17. The SMILES string of the molecule is CCC1(CC)CCc2cc3ccccc3c3c4cc5ccccc5cc4n4c5ccccc5[n+]1c4c23. The normalized spacial score (nSPS) is 15.2. The highest BCUT2D eigenvalue weighted by Gasteiger charge is 2.42. The maximum atomic E-state index is 2.74. The van der Waals surface area contributed by atoms with E-state index in [-0.39, 0.29) is 5.54 Å². The van der Waals surface area contributed by atoms with Crippen LogP contribution in [0.4, 0.5) is 0 Å². The molecule has 0 aliphatic carbocycles. The number of para-hydroxylation sites is 2. The van der Waals surface area contributed by atoms with Crippen LogP contribution in [0.3, 0.4) is 0 Å². The summed E-state index contributed by atoms with van der Waals surface area (Å²) in [5.74, 6) is 0. The number of benzene rings is 5. The van der Waals surface area contributed by atoms with Crippen molar-refractivity contribution in [2.75, 3.05) is 0 Å². The Morgan fingerprint density at radius 1 is 0.694 bits per heavy atom. The standard InChI is InChI=1S/C34H29N2/c1-3-34(4-2)18-17-25-19-24-13-7-8-14-26(24)32-27-20-22-11-5-6-12-23(22)21-30(27)35-28-15-9-10-16-29(28)36(34)33(35)31(25)32/h5-16,19-21H,3-4,17-18H2,1-2H3/q+1. The molecule has 0 bridgehead atoms. The summed E-state index contributed by atoms with van der Waals surface area (Å²) in [4.78, 5) is 0.